The Morgan fingerprint density at radius 1 is 1.03 bits per heavy atom. The number of rotatable bonds is 5. The molecule has 7 heteroatoms. The second kappa shape index (κ2) is 9.24. The second-order valence-electron chi connectivity index (χ2n) is 7.01. The van der Waals surface area contributed by atoms with E-state index in [1.807, 2.05) is 31.2 Å². The first kappa shape index (κ1) is 21.1. The predicted octanol–water partition coefficient (Wildman–Crippen LogP) is 2.94. The first-order chi connectivity index (χ1) is 13.9. The maximum atomic E-state index is 12.9. The third kappa shape index (κ3) is 5.25. The normalized spacial score (nSPS) is 16.0. The maximum absolute atomic E-state index is 12.9. The van der Waals surface area contributed by atoms with Gasteiger partial charge in [0.1, 0.15) is 5.75 Å². The van der Waals surface area contributed by atoms with Crippen molar-refractivity contribution in [2.24, 2.45) is 0 Å². The number of carbonyl (C=O) groups excluding carboxylic acids is 1. The van der Waals surface area contributed by atoms with Gasteiger partial charge in [0.05, 0.1) is 12.0 Å². The number of nitrogens with zero attached hydrogens (tertiary/aromatic N) is 2. The quantitative estimate of drug-likeness (QED) is 0.706. The lowest BCUT2D eigenvalue weighted by Gasteiger charge is -2.21. The van der Waals surface area contributed by atoms with Gasteiger partial charge in [0.25, 0.3) is 0 Å². The number of carbonyl (C=O) groups is 1. The van der Waals surface area contributed by atoms with E-state index in [0.717, 1.165) is 16.9 Å². The summed E-state index contributed by atoms with van der Waals surface area (Å²) in [4.78, 5) is 14.6. The largest absolute Gasteiger partial charge is 0.497 e. The smallest absolute Gasteiger partial charge is 0.246 e. The molecule has 0 N–H and O–H groups in total. The van der Waals surface area contributed by atoms with E-state index in [0.29, 0.717) is 31.0 Å². The van der Waals surface area contributed by atoms with Crippen LogP contribution in [0.1, 0.15) is 17.5 Å². The maximum Gasteiger partial charge on any atom is 0.246 e. The topological polar surface area (TPSA) is 66.9 Å². The fourth-order valence-corrected chi connectivity index (χ4v) is 4.70. The van der Waals surface area contributed by atoms with Gasteiger partial charge in [0.2, 0.25) is 15.9 Å². The minimum Gasteiger partial charge on any atom is -0.497 e. The summed E-state index contributed by atoms with van der Waals surface area (Å²) in [6.45, 7) is 3.51. The molecule has 1 amide bonds. The lowest BCUT2D eigenvalue weighted by Crippen LogP contribution is -2.36. The zero-order valence-corrected chi connectivity index (χ0v) is 17.6. The standard InChI is InChI=1S/C22H26N2O4S/c1-18-7-10-21(11-8-18)29(26,27)24-14-4-13-23(15-16-24)22(25)12-9-19-5-3-6-20(17-19)28-2/h3,5-12,17H,4,13-16H2,1-2H3/b12-9+. The van der Waals surface area contributed by atoms with Crippen molar-refractivity contribution in [1.82, 2.24) is 9.21 Å². The summed E-state index contributed by atoms with van der Waals surface area (Å²) in [6, 6.07) is 14.3. The minimum absolute atomic E-state index is 0.123. The Bertz CT molecular complexity index is 984. The molecule has 2 aromatic carbocycles. The number of sulfonamides is 1. The van der Waals surface area contributed by atoms with Crippen LogP contribution in [0, 0.1) is 6.92 Å². The molecule has 1 aliphatic rings. The molecular formula is C22H26N2O4S. The molecule has 1 heterocycles. The van der Waals surface area contributed by atoms with E-state index < -0.39 is 10.0 Å². The molecule has 29 heavy (non-hydrogen) atoms. The van der Waals surface area contributed by atoms with Crippen LogP contribution in [0.2, 0.25) is 0 Å². The van der Waals surface area contributed by atoms with Gasteiger partial charge < -0.3 is 9.64 Å². The van der Waals surface area contributed by atoms with E-state index >= 15 is 0 Å². The lowest BCUT2D eigenvalue weighted by molar-refractivity contribution is -0.125. The molecule has 0 radical (unpaired) electrons. The van der Waals surface area contributed by atoms with Gasteiger partial charge in [-0.05, 0) is 49.2 Å². The van der Waals surface area contributed by atoms with Crippen molar-refractivity contribution in [3.05, 3.63) is 65.7 Å². The van der Waals surface area contributed by atoms with Gasteiger partial charge in [-0.3, -0.25) is 4.79 Å². The highest BCUT2D eigenvalue weighted by Gasteiger charge is 2.27. The molecule has 154 valence electrons. The molecule has 2 aromatic rings. The monoisotopic (exact) mass is 414 g/mol. The zero-order chi connectivity index (χ0) is 20.9. The molecule has 3 rings (SSSR count). The van der Waals surface area contributed by atoms with Crippen LogP contribution in [0.3, 0.4) is 0 Å². The third-order valence-corrected chi connectivity index (χ3v) is 6.85. The van der Waals surface area contributed by atoms with Crippen molar-refractivity contribution >= 4 is 22.0 Å². The summed E-state index contributed by atoms with van der Waals surface area (Å²) in [6.07, 6.45) is 3.87. The summed E-state index contributed by atoms with van der Waals surface area (Å²) in [5.41, 5.74) is 1.88. The van der Waals surface area contributed by atoms with Gasteiger partial charge in [-0.15, -0.1) is 0 Å². The number of ether oxygens (including phenoxy) is 1. The van der Waals surface area contributed by atoms with Crippen molar-refractivity contribution in [1.29, 1.82) is 0 Å². The molecule has 0 spiro atoms. The Morgan fingerprint density at radius 2 is 1.79 bits per heavy atom. The van der Waals surface area contributed by atoms with Crippen LogP contribution in [0.5, 0.6) is 5.75 Å². The van der Waals surface area contributed by atoms with Gasteiger partial charge in [0.15, 0.2) is 0 Å². The van der Waals surface area contributed by atoms with E-state index in [2.05, 4.69) is 0 Å². The van der Waals surface area contributed by atoms with E-state index in [1.165, 1.54) is 10.4 Å². The van der Waals surface area contributed by atoms with Gasteiger partial charge in [-0.25, -0.2) is 8.42 Å². The predicted molar refractivity (Wildman–Crippen MR) is 113 cm³/mol. The van der Waals surface area contributed by atoms with Crippen molar-refractivity contribution in [3.8, 4) is 5.75 Å². The highest BCUT2D eigenvalue weighted by atomic mass is 32.2. The van der Waals surface area contributed by atoms with Gasteiger partial charge in [-0.2, -0.15) is 4.31 Å². The summed E-state index contributed by atoms with van der Waals surface area (Å²) in [5, 5.41) is 0. The van der Waals surface area contributed by atoms with Crippen LogP contribution in [0.4, 0.5) is 0 Å². The number of hydrogen-bond acceptors (Lipinski definition) is 4. The second-order valence-corrected chi connectivity index (χ2v) is 8.94. The third-order valence-electron chi connectivity index (χ3n) is 4.94. The number of hydrogen-bond donors (Lipinski definition) is 0. The molecule has 1 fully saturated rings. The molecule has 6 nitrogen and oxygen atoms in total. The Balaban J connectivity index is 1.65. The Hall–Kier alpha value is -2.64. The first-order valence-corrected chi connectivity index (χ1v) is 11.0. The van der Waals surface area contributed by atoms with E-state index in [4.69, 9.17) is 4.74 Å². The van der Waals surface area contributed by atoms with E-state index in [-0.39, 0.29) is 12.5 Å². The summed E-state index contributed by atoms with van der Waals surface area (Å²) in [5.74, 6) is 0.605. The molecule has 1 aliphatic heterocycles. The molecular weight excluding hydrogens is 388 g/mol. The van der Waals surface area contributed by atoms with Crippen LogP contribution >= 0.6 is 0 Å². The fourth-order valence-electron chi connectivity index (χ4n) is 3.23. The average Bonchev–Trinajstić information content (AvgIpc) is 2.99. The minimum atomic E-state index is -3.55. The van der Waals surface area contributed by atoms with Crippen LogP contribution in [-0.2, 0) is 14.8 Å². The zero-order valence-electron chi connectivity index (χ0n) is 16.7. The van der Waals surface area contributed by atoms with Crippen molar-refractivity contribution in [2.75, 3.05) is 33.3 Å². The van der Waals surface area contributed by atoms with Gasteiger partial charge in [0, 0.05) is 32.3 Å². The van der Waals surface area contributed by atoms with Crippen LogP contribution in [-0.4, -0.2) is 56.8 Å². The van der Waals surface area contributed by atoms with Crippen LogP contribution < -0.4 is 4.74 Å². The summed E-state index contributed by atoms with van der Waals surface area (Å²) >= 11 is 0. The number of amides is 1. The molecule has 0 atom stereocenters. The number of benzene rings is 2. The summed E-state index contributed by atoms with van der Waals surface area (Å²) < 4.78 is 32.4. The Morgan fingerprint density at radius 3 is 2.52 bits per heavy atom. The Kier molecular flexibility index (Phi) is 6.71. The average molecular weight is 415 g/mol. The van der Waals surface area contributed by atoms with E-state index in [9.17, 15) is 13.2 Å². The molecule has 0 bridgehead atoms. The lowest BCUT2D eigenvalue weighted by atomic mass is 10.2. The van der Waals surface area contributed by atoms with Crippen molar-refractivity contribution in [2.45, 2.75) is 18.2 Å². The Labute approximate surface area is 172 Å². The van der Waals surface area contributed by atoms with Gasteiger partial charge in [-0.1, -0.05) is 29.8 Å². The highest BCUT2D eigenvalue weighted by molar-refractivity contribution is 7.89. The molecule has 0 unspecified atom stereocenters. The SMILES string of the molecule is COc1cccc(/C=C/C(=O)N2CCCN(S(=O)(=O)c3ccc(C)cc3)CC2)c1. The van der Waals surface area contributed by atoms with Crippen LogP contribution in [0.15, 0.2) is 59.5 Å². The molecule has 0 aliphatic carbocycles. The molecule has 0 aromatic heterocycles. The van der Waals surface area contributed by atoms with Crippen LogP contribution in [0.25, 0.3) is 6.08 Å². The number of methoxy groups -OCH3 is 1. The van der Waals surface area contributed by atoms with Crippen molar-refractivity contribution in [3.63, 3.8) is 0 Å². The fraction of sp³-hybridized carbons (Fsp3) is 0.318. The molecule has 0 saturated carbocycles. The van der Waals surface area contributed by atoms with E-state index in [1.54, 1.807) is 42.4 Å². The first-order valence-electron chi connectivity index (χ1n) is 9.58. The highest BCUT2D eigenvalue weighted by Crippen LogP contribution is 2.19. The van der Waals surface area contributed by atoms with Gasteiger partial charge >= 0.3 is 0 Å². The summed E-state index contributed by atoms with van der Waals surface area (Å²) in [7, 11) is -1.95. The molecule has 1 saturated heterocycles. The number of aryl methyl sites for hydroxylation is 1. The van der Waals surface area contributed by atoms with Crippen molar-refractivity contribution < 1.29 is 17.9 Å².